The van der Waals surface area contributed by atoms with Crippen LogP contribution in [-0.2, 0) is 0 Å². The Labute approximate surface area is 158 Å². The SMILES string of the molecule is CC1c2ccccc2-n2c(-c3ccc(Cl)cc3)cc(-c3ccccc3)c21. The molecule has 1 aromatic heterocycles. The van der Waals surface area contributed by atoms with E-state index in [9.17, 15) is 0 Å². The molecule has 1 nitrogen and oxygen atoms in total. The number of benzene rings is 3. The average Bonchev–Trinajstić information content (AvgIpc) is 3.21. The van der Waals surface area contributed by atoms with Crippen molar-refractivity contribution in [3.63, 3.8) is 0 Å². The van der Waals surface area contributed by atoms with Crippen molar-refractivity contribution in [2.24, 2.45) is 0 Å². The second kappa shape index (κ2) is 5.89. The minimum absolute atomic E-state index is 0.363. The lowest BCUT2D eigenvalue weighted by Gasteiger charge is -2.09. The van der Waals surface area contributed by atoms with Crippen LogP contribution < -0.4 is 0 Å². The van der Waals surface area contributed by atoms with E-state index < -0.39 is 0 Å². The van der Waals surface area contributed by atoms with Crippen LogP contribution in [0.1, 0.15) is 24.1 Å². The lowest BCUT2D eigenvalue weighted by Crippen LogP contribution is -1.96. The van der Waals surface area contributed by atoms with Crippen LogP contribution in [0.2, 0.25) is 5.02 Å². The van der Waals surface area contributed by atoms with E-state index in [0.717, 1.165) is 5.02 Å². The molecule has 0 fully saturated rings. The summed E-state index contributed by atoms with van der Waals surface area (Å²) in [5.41, 5.74) is 8.99. The second-order valence-electron chi connectivity index (χ2n) is 6.82. The highest BCUT2D eigenvalue weighted by Gasteiger charge is 2.31. The molecule has 0 amide bonds. The molecular weight excluding hydrogens is 338 g/mol. The Balaban J connectivity index is 1.83. The van der Waals surface area contributed by atoms with Gasteiger partial charge in [-0.3, -0.25) is 0 Å². The van der Waals surface area contributed by atoms with Gasteiger partial charge in [0.25, 0.3) is 0 Å². The summed E-state index contributed by atoms with van der Waals surface area (Å²) in [4.78, 5) is 0. The third kappa shape index (κ3) is 2.24. The van der Waals surface area contributed by atoms with Crippen molar-refractivity contribution in [1.29, 1.82) is 0 Å². The summed E-state index contributed by atoms with van der Waals surface area (Å²) in [6, 6.07) is 29.8. The first-order valence-electron chi connectivity index (χ1n) is 8.90. The molecule has 0 spiro atoms. The molecule has 26 heavy (non-hydrogen) atoms. The van der Waals surface area contributed by atoms with Gasteiger partial charge in [-0.05, 0) is 41.0 Å². The van der Waals surface area contributed by atoms with Crippen molar-refractivity contribution >= 4 is 11.6 Å². The highest BCUT2D eigenvalue weighted by Crippen LogP contribution is 2.47. The molecule has 3 aromatic carbocycles. The van der Waals surface area contributed by atoms with Gasteiger partial charge >= 0.3 is 0 Å². The van der Waals surface area contributed by atoms with Crippen LogP contribution in [0.15, 0.2) is 84.9 Å². The van der Waals surface area contributed by atoms with Gasteiger partial charge in [0.15, 0.2) is 0 Å². The quantitative estimate of drug-likeness (QED) is 0.367. The Morgan fingerprint density at radius 2 is 1.46 bits per heavy atom. The van der Waals surface area contributed by atoms with Crippen molar-refractivity contribution < 1.29 is 0 Å². The molecule has 1 aliphatic heterocycles. The van der Waals surface area contributed by atoms with Gasteiger partial charge in [-0.25, -0.2) is 0 Å². The van der Waals surface area contributed by atoms with Crippen LogP contribution in [0.4, 0.5) is 0 Å². The Hall–Kier alpha value is -2.77. The Kier molecular flexibility index (Phi) is 3.51. The van der Waals surface area contributed by atoms with Crippen molar-refractivity contribution in [3.8, 4) is 28.1 Å². The fourth-order valence-corrected chi connectivity index (χ4v) is 4.22. The standard InChI is InChI=1S/C24H18ClN/c1-16-20-9-5-6-10-22(20)26-23(18-11-13-19(25)14-12-18)15-21(24(16)26)17-7-3-2-4-8-17/h2-16H,1H3. The summed E-state index contributed by atoms with van der Waals surface area (Å²) in [6.45, 7) is 2.30. The number of rotatable bonds is 2. The molecule has 2 heteroatoms. The molecular formula is C24H18ClN. The van der Waals surface area contributed by atoms with E-state index in [1.165, 1.54) is 39.3 Å². The number of nitrogens with zero attached hydrogens (tertiary/aromatic N) is 1. The Morgan fingerprint density at radius 3 is 2.23 bits per heavy atom. The van der Waals surface area contributed by atoms with E-state index in [4.69, 9.17) is 11.6 Å². The lowest BCUT2D eigenvalue weighted by molar-refractivity contribution is 0.913. The molecule has 0 N–H and O–H groups in total. The zero-order valence-corrected chi connectivity index (χ0v) is 15.2. The van der Waals surface area contributed by atoms with Crippen LogP contribution in [0.5, 0.6) is 0 Å². The molecule has 2 heterocycles. The molecule has 126 valence electrons. The fraction of sp³-hybridized carbons (Fsp3) is 0.0833. The van der Waals surface area contributed by atoms with Gasteiger partial charge < -0.3 is 4.57 Å². The monoisotopic (exact) mass is 355 g/mol. The topological polar surface area (TPSA) is 4.93 Å². The zero-order valence-electron chi connectivity index (χ0n) is 14.5. The number of hydrogen-bond acceptors (Lipinski definition) is 0. The first kappa shape index (κ1) is 15.5. The molecule has 0 aliphatic carbocycles. The highest BCUT2D eigenvalue weighted by atomic mass is 35.5. The van der Waals surface area contributed by atoms with Crippen LogP contribution in [0.3, 0.4) is 0 Å². The maximum atomic E-state index is 6.11. The normalized spacial score (nSPS) is 14.9. The molecule has 4 aromatic rings. The molecule has 5 rings (SSSR count). The number of para-hydroxylation sites is 1. The highest BCUT2D eigenvalue weighted by molar-refractivity contribution is 6.30. The Bertz CT molecular complexity index is 1090. The smallest absolute Gasteiger partial charge is 0.0538 e. The van der Waals surface area contributed by atoms with Gasteiger partial charge in [0.1, 0.15) is 0 Å². The van der Waals surface area contributed by atoms with Gasteiger partial charge in [0, 0.05) is 27.9 Å². The van der Waals surface area contributed by atoms with Gasteiger partial charge in [-0.1, -0.05) is 79.2 Å². The summed E-state index contributed by atoms with van der Waals surface area (Å²) in [5.74, 6) is 0.363. The maximum Gasteiger partial charge on any atom is 0.0538 e. The van der Waals surface area contributed by atoms with Gasteiger partial charge in [0.05, 0.1) is 5.69 Å². The van der Waals surface area contributed by atoms with E-state index in [0.29, 0.717) is 5.92 Å². The second-order valence-corrected chi connectivity index (χ2v) is 7.25. The van der Waals surface area contributed by atoms with Crippen LogP contribution >= 0.6 is 11.6 Å². The third-order valence-corrected chi connectivity index (χ3v) is 5.57. The maximum absolute atomic E-state index is 6.11. The fourth-order valence-electron chi connectivity index (χ4n) is 4.10. The lowest BCUT2D eigenvalue weighted by atomic mass is 9.94. The molecule has 0 radical (unpaired) electrons. The average molecular weight is 356 g/mol. The number of halogens is 1. The predicted octanol–water partition coefficient (Wildman–Crippen LogP) is 6.93. The minimum atomic E-state index is 0.363. The van der Waals surface area contributed by atoms with Crippen molar-refractivity contribution in [2.45, 2.75) is 12.8 Å². The summed E-state index contributed by atoms with van der Waals surface area (Å²) in [7, 11) is 0. The van der Waals surface area contributed by atoms with Crippen molar-refractivity contribution in [1.82, 2.24) is 4.57 Å². The summed E-state index contributed by atoms with van der Waals surface area (Å²) in [6.07, 6.45) is 0. The Morgan fingerprint density at radius 1 is 0.769 bits per heavy atom. The van der Waals surface area contributed by atoms with E-state index in [1.807, 2.05) is 12.1 Å². The van der Waals surface area contributed by atoms with Crippen molar-refractivity contribution in [3.05, 3.63) is 101 Å². The molecule has 0 saturated heterocycles. The number of fused-ring (bicyclic) bond motifs is 3. The third-order valence-electron chi connectivity index (χ3n) is 5.32. The number of aromatic nitrogens is 1. The molecule has 0 saturated carbocycles. The van der Waals surface area contributed by atoms with Crippen LogP contribution in [0.25, 0.3) is 28.1 Å². The summed E-state index contributed by atoms with van der Waals surface area (Å²) in [5, 5.41) is 0.763. The number of hydrogen-bond donors (Lipinski definition) is 0. The zero-order chi connectivity index (χ0) is 17.7. The molecule has 1 unspecified atom stereocenters. The molecule has 1 aliphatic rings. The minimum Gasteiger partial charge on any atom is -0.312 e. The first-order chi connectivity index (χ1) is 12.7. The van der Waals surface area contributed by atoms with E-state index >= 15 is 0 Å². The van der Waals surface area contributed by atoms with Crippen molar-refractivity contribution in [2.75, 3.05) is 0 Å². The first-order valence-corrected chi connectivity index (χ1v) is 9.28. The largest absolute Gasteiger partial charge is 0.312 e. The van der Waals surface area contributed by atoms with Crippen LogP contribution in [-0.4, -0.2) is 4.57 Å². The molecule has 1 atom stereocenters. The summed E-state index contributed by atoms with van der Waals surface area (Å²) >= 11 is 6.11. The van der Waals surface area contributed by atoms with E-state index in [-0.39, 0.29) is 0 Å². The van der Waals surface area contributed by atoms with Gasteiger partial charge in [-0.2, -0.15) is 0 Å². The van der Waals surface area contributed by atoms with Crippen LogP contribution in [0, 0.1) is 0 Å². The predicted molar refractivity (Wildman–Crippen MR) is 109 cm³/mol. The van der Waals surface area contributed by atoms with Gasteiger partial charge in [-0.15, -0.1) is 0 Å². The summed E-state index contributed by atoms with van der Waals surface area (Å²) < 4.78 is 2.42. The van der Waals surface area contributed by atoms with Gasteiger partial charge in [0.2, 0.25) is 0 Å². The molecule has 0 bridgehead atoms. The van der Waals surface area contributed by atoms with E-state index in [2.05, 4.69) is 84.3 Å². The van der Waals surface area contributed by atoms with E-state index in [1.54, 1.807) is 0 Å².